The van der Waals surface area contributed by atoms with E-state index >= 15 is 0 Å². The van der Waals surface area contributed by atoms with Gasteiger partial charge >= 0.3 is 0 Å². The zero-order valence-corrected chi connectivity index (χ0v) is 80.3. The average Bonchev–Trinajstić information content (AvgIpc) is 1.74. The highest BCUT2D eigenvalue weighted by molar-refractivity contribution is 7.97. The van der Waals surface area contributed by atoms with E-state index in [9.17, 15) is 0 Å². The van der Waals surface area contributed by atoms with Crippen LogP contribution in [0.2, 0.25) is 0 Å². The summed E-state index contributed by atoms with van der Waals surface area (Å²) in [6, 6.07) is 54.9. The Bertz CT molecular complexity index is 3270. The van der Waals surface area contributed by atoms with Crippen LogP contribution in [0.1, 0.15) is 301 Å². The van der Waals surface area contributed by atoms with E-state index in [2.05, 4.69) is 173 Å². The van der Waals surface area contributed by atoms with Crippen LogP contribution in [0.15, 0.2) is 150 Å². The van der Waals surface area contributed by atoms with Crippen molar-refractivity contribution in [2.24, 2.45) is 40.9 Å². The molecule has 5 unspecified atom stereocenters. The lowest BCUT2D eigenvalue weighted by atomic mass is 9.65. The predicted octanol–water partition coefficient (Wildman–Crippen LogP) is 22.4. The van der Waals surface area contributed by atoms with Crippen LogP contribution in [-0.2, 0) is 72.9 Å². The van der Waals surface area contributed by atoms with E-state index in [1.54, 1.807) is 82.6 Å². The van der Waals surface area contributed by atoms with Crippen LogP contribution >= 0.6 is 11.9 Å². The summed E-state index contributed by atoms with van der Waals surface area (Å²) in [5, 5.41) is 30.4. The molecule has 9 saturated carbocycles. The minimum Gasteiger partial charge on any atom is -0.493 e. The summed E-state index contributed by atoms with van der Waals surface area (Å²) in [6.07, 6.45) is 59.8. The van der Waals surface area contributed by atoms with Crippen molar-refractivity contribution in [3.63, 3.8) is 0 Å². The molecule has 25 aliphatic rings. The maximum atomic E-state index is 5.36. The van der Waals surface area contributed by atoms with Gasteiger partial charge in [-0.3, -0.25) is 9.62 Å². The molecule has 19 fully saturated rings. The smallest absolute Gasteiger partial charge is 0.122 e. The molecule has 5 atom stereocenters. The Labute approximate surface area is 788 Å². The number of piperazine rings is 1. The second-order valence-electron chi connectivity index (χ2n) is 41.0. The molecule has 10 saturated heterocycles. The molecular formula is C113H177N11O4S. The minimum atomic E-state index is 0. The molecular weight excluding hydrogens is 1610 g/mol. The molecule has 16 heterocycles. The molecule has 15 nitrogen and oxygen atoms in total. The summed E-state index contributed by atoms with van der Waals surface area (Å²) >= 11 is 1.72. The van der Waals surface area contributed by atoms with Gasteiger partial charge in [0.15, 0.2) is 0 Å². The lowest BCUT2D eigenvalue weighted by molar-refractivity contribution is -0.0168. The van der Waals surface area contributed by atoms with Gasteiger partial charge in [-0.1, -0.05) is 257 Å². The number of para-hydroxylation sites is 2. The molecule has 10 bridgehead atoms. The van der Waals surface area contributed by atoms with E-state index < -0.39 is 0 Å². The number of nitrogens with zero attached hydrogens (tertiary/aromatic N) is 1. The first-order valence-electron chi connectivity index (χ1n) is 52.9. The molecule has 0 aromatic heterocycles. The number of nitrogens with one attached hydrogen (secondary N) is 10. The summed E-state index contributed by atoms with van der Waals surface area (Å²) < 4.78 is 24.1. The van der Waals surface area contributed by atoms with Crippen molar-refractivity contribution in [1.82, 2.24) is 52.2 Å². The molecule has 1 spiro atoms. The van der Waals surface area contributed by atoms with E-state index in [0.29, 0.717) is 6.04 Å². The Kier molecular flexibility index (Phi) is 46.2. The molecule has 0 radical (unpaired) electrons. The lowest BCUT2D eigenvalue weighted by Crippen LogP contribution is -2.57. The highest BCUT2D eigenvalue weighted by Crippen LogP contribution is 2.45. The second kappa shape index (κ2) is 58.9. The maximum absolute atomic E-state index is 5.36. The van der Waals surface area contributed by atoms with E-state index in [1.165, 1.54) is 305 Å². The first kappa shape index (κ1) is 101. The quantitative estimate of drug-likeness (QED) is 0.0654. The molecule has 31 rings (SSSR count). The fourth-order valence-electron chi connectivity index (χ4n) is 22.9. The third kappa shape index (κ3) is 36.1. The molecule has 714 valence electrons. The lowest BCUT2D eigenvalue weighted by Gasteiger charge is -2.49. The van der Waals surface area contributed by atoms with Crippen LogP contribution in [-0.4, -0.2) is 147 Å². The van der Waals surface area contributed by atoms with Gasteiger partial charge in [-0.2, -0.15) is 0 Å². The van der Waals surface area contributed by atoms with Gasteiger partial charge in [-0.15, -0.1) is 0 Å². The van der Waals surface area contributed by atoms with Gasteiger partial charge in [0.05, 0.1) is 33.0 Å². The van der Waals surface area contributed by atoms with Crippen molar-refractivity contribution in [3.05, 3.63) is 196 Å². The van der Waals surface area contributed by atoms with E-state index in [4.69, 9.17) is 18.9 Å². The largest absolute Gasteiger partial charge is 0.493 e. The molecule has 16 heteroatoms. The zero-order valence-electron chi connectivity index (χ0n) is 79.5. The Morgan fingerprint density at radius 3 is 1.28 bits per heavy atom. The number of hydrogen-bond donors (Lipinski definition) is 10. The normalized spacial score (nSPS) is 28.1. The van der Waals surface area contributed by atoms with E-state index in [1.807, 2.05) is 30.3 Å². The molecule has 129 heavy (non-hydrogen) atoms. The summed E-state index contributed by atoms with van der Waals surface area (Å²) in [5.74, 6) is 7.82. The maximum Gasteiger partial charge on any atom is 0.122 e. The van der Waals surface area contributed by atoms with Crippen molar-refractivity contribution < 1.29 is 18.9 Å². The van der Waals surface area contributed by atoms with E-state index in [0.717, 1.165) is 171 Å². The van der Waals surface area contributed by atoms with Crippen LogP contribution in [0.4, 0.5) is 5.69 Å². The van der Waals surface area contributed by atoms with Crippen molar-refractivity contribution in [1.29, 1.82) is 0 Å². The van der Waals surface area contributed by atoms with Crippen molar-refractivity contribution in [2.75, 3.05) is 117 Å². The minimum absolute atomic E-state index is 0. The monoisotopic (exact) mass is 1780 g/mol. The summed E-state index contributed by atoms with van der Waals surface area (Å²) in [6.45, 7) is 25.1. The number of rotatable bonds is 0. The number of fused-ring (bicyclic) bond motifs is 19. The molecule has 0 amide bonds. The highest BCUT2D eigenvalue weighted by atomic mass is 32.2. The summed E-state index contributed by atoms with van der Waals surface area (Å²) in [5.41, 5.74) is 15.0. The van der Waals surface area contributed by atoms with Crippen molar-refractivity contribution in [3.8, 4) is 5.75 Å². The highest BCUT2D eigenvalue weighted by Gasteiger charge is 2.42. The number of hydrogen-bond acceptors (Lipinski definition) is 16. The molecule has 6 aromatic carbocycles. The van der Waals surface area contributed by atoms with Crippen molar-refractivity contribution in [2.45, 2.75) is 345 Å². The van der Waals surface area contributed by atoms with Gasteiger partial charge in [-0.25, -0.2) is 0 Å². The van der Waals surface area contributed by atoms with Gasteiger partial charge in [-0.05, 0) is 289 Å². The first-order chi connectivity index (χ1) is 63.4. The number of piperidine rings is 5. The predicted molar refractivity (Wildman–Crippen MR) is 543 cm³/mol. The molecule has 10 N–H and O–H groups in total. The van der Waals surface area contributed by atoms with Gasteiger partial charge in [0, 0.05) is 132 Å². The number of morpholine rings is 1. The summed E-state index contributed by atoms with van der Waals surface area (Å²) in [4.78, 5) is 3.89. The van der Waals surface area contributed by atoms with Crippen LogP contribution < -0.4 is 57.3 Å². The fraction of sp³-hybridized carbons (Fsp3) is 0.681. The van der Waals surface area contributed by atoms with Crippen LogP contribution in [0.3, 0.4) is 0 Å². The second-order valence-corrected chi connectivity index (χ2v) is 41.9. The standard InChI is InChI=1S/C9H11N.2C8H9N.2C8H8O.C8H14.C7H14N2O.C7H7NS.2C7H13N.C7H12.2C6H11N.C6H12.C5H11N.C5H10O.CH4/c1-2-4-9-7-10-6-5-8(9)3-1;1-2-4-8-6-9-5-7(8)3-1;1-2-4-8-7(3-1)5-6-9-8;1-2-4-8-6-9-5-7(8)3-1;1-2-4-8-7(3-1)5-6-9-8;1-2-8-5-3-7(1)4-6-8;1-2-9-3-4-10-6-7(9)5-8-1;1-2-4-7-6(3-1)5-8-9-7;1-3-7-4-2-6(1)5-8-7;1-2-6-4-5-7(3-1)8-6;1-2-7-4-3-6(1)5-7;1-2-6-3-5(1)4-7-6;1-2-6(3-1)4-7-5-6;3*1-2-4-6-5-3-1;/h1-4,10H,5-7H2;2*1-4,9H,5-6H2;2*1-4H,5-6H2;7-8H,1-6H2;7-8H,1-6H2;1-4,8H,5H2;2*6-8H,1-5H2;6-7H,1-5H2;5-7H,1-4H2;7H,1-5H2;1-6H2;6H,1-5H2;1-5H2;1H4. The van der Waals surface area contributed by atoms with Gasteiger partial charge < -0.3 is 66.8 Å². The van der Waals surface area contributed by atoms with Crippen LogP contribution in [0, 0.1) is 40.9 Å². The zero-order chi connectivity index (χ0) is 87.2. The Morgan fingerprint density at radius 2 is 0.845 bits per heavy atom. The molecule has 16 aliphatic heterocycles. The third-order valence-corrected chi connectivity index (χ3v) is 32.3. The van der Waals surface area contributed by atoms with Crippen LogP contribution in [0.25, 0.3) is 0 Å². The number of anilines is 1. The molecule has 9 aliphatic carbocycles. The first-order valence-corrected chi connectivity index (χ1v) is 53.7. The van der Waals surface area contributed by atoms with Gasteiger partial charge in [0.1, 0.15) is 5.75 Å². The topological polar surface area (TPSA) is 160 Å². The van der Waals surface area contributed by atoms with Gasteiger partial charge in [0.2, 0.25) is 0 Å². The Balaban J connectivity index is 0.000000118. The SMILES string of the molecule is C.C1CC2(C1)CNC2.C1CC2CC1CN2.C1CC2CCC(C1)N2.C1CC2CCC1C2.C1CC2CCC1CC2.C1CC2CCC1CN2.C1CCCCC1.C1CCNCC1.C1CCOCC1.C1CN2CCOCC2CN1.c1ccc2c(c1)CCN2.c1ccc2c(c1)CCNC2.c1ccc2c(c1)CCO2.c1ccc2c(c1)CNC2.c1ccc2c(c1)CNS2.c1ccc2c(c1)COC2. The van der Waals surface area contributed by atoms with Crippen LogP contribution in [0.5, 0.6) is 5.75 Å². The van der Waals surface area contributed by atoms with E-state index in [-0.39, 0.29) is 7.43 Å². The van der Waals surface area contributed by atoms with Crippen molar-refractivity contribution >= 4 is 17.6 Å². The van der Waals surface area contributed by atoms with Gasteiger partial charge in [0.25, 0.3) is 0 Å². The average molecular weight is 1790 g/mol. The Hall–Kier alpha value is -5.25. The Morgan fingerprint density at radius 1 is 0.326 bits per heavy atom. The fourth-order valence-corrected chi connectivity index (χ4v) is 23.7. The summed E-state index contributed by atoms with van der Waals surface area (Å²) in [7, 11) is 0. The number of ether oxygens (including phenoxy) is 4. The third-order valence-electron chi connectivity index (χ3n) is 31.4. The number of benzene rings is 6. The molecule has 6 aromatic rings.